The summed E-state index contributed by atoms with van der Waals surface area (Å²) < 4.78 is 29.3. The minimum atomic E-state index is -2.90. The third-order valence-electron chi connectivity index (χ3n) is 4.77. The predicted octanol–water partition coefficient (Wildman–Crippen LogP) is 2.09. The van der Waals surface area contributed by atoms with Gasteiger partial charge in [-0.25, -0.2) is 14.8 Å². The number of anilines is 1. The van der Waals surface area contributed by atoms with Crippen LogP contribution in [-0.2, 0) is 6.54 Å². The molecule has 0 aliphatic carbocycles. The standard InChI is InChI=1S/C20H26F2N6O2/c21-18(22)30-17-6-2-1-5-16(17)15-26-20(29)25-9-4-10-27-11-13-28(14-12-27)19-23-7-3-8-24-19/h1-3,5-8,18H,4,9-15H2,(H2,25,26,29). The van der Waals surface area contributed by atoms with Gasteiger partial charge >= 0.3 is 12.6 Å². The van der Waals surface area contributed by atoms with Crippen molar-refractivity contribution in [3.63, 3.8) is 0 Å². The summed E-state index contributed by atoms with van der Waals surface area (Å²) in [4.78, 5) is 25.0. The molecule has 0 radical (unpaired) electrons. The van der Waals surface area contributed by atoms with Crippen molar-refractivity contribution in [2.75, 3.05) is 44.2 Å². The molecule has 0 spiro atoms. The lowest BCUT2D eigenvalue weighted by Crippen LogP contribution is -2.47. The number of piperazine rings is 1. The number of alkyl halides is 2. The highest BCUT2D eigenvalue weighted by atomic mass is 19.3. The van der Waals surface area contributed by atoms with E-state index in [1.807, 2.05) is 0 Å². The van der Waals surface area contributed by atoms with Gasteiger partial charge in [0.15, 0.2) is 0 Å². The van der Waals surface area contributed by atoms with E-state index in [9.17, 15) is 13.6 Å². The number of rotatable bonds is 9. The van der Waals surface area contributed by atoms with Gasteiger partial charge in [-0.05, 0) is 25.1 Å². The maximum atomic E-state index is 12.4. The molecule has 1 fully saturated rings. The van der Waals surface area contributed by atoms with Crippen LogP contribution < -0.4 is 20.3 Å². The molecule has 3 rings (SSSR count). The fourth-order valence-electron chi connectivity index (χ4n) is 3.23. The number of nitrogens with zero attached hydrogens (tertiary/aromatic N) is 4. The molecular weight excluding hydrogens is 394 g/mol. The monoisotopic (exact) mass is 420 g/mol. The van der Waals surface area contributed by atoms with Crippen molar-refractivity contribution in [1.82, 2.24) is 25.5 Å². The van der Waals surface area contributed by atoms with Crippen LogP contribution >= 0.6 is 0 Å². The average molecular weight is 420 g/mol. The minimum Gasteiger partial charge on any atom is -0.434 e. The Balaban J connectivity index is 1.30. The molecule has 2 aromatic rings. The van der Waals surface area contributed by atoms with Gasteiger partial charge in [-0.1, -0.05) is 18.2 Å². The van der Waals surface area contributed by atoms with E-state index in [-0.39, 0.29) is 18.3 Å². The first-order valence-corrected chi connectivity index (χ1v) is 9.90. The van der Waals surface area contributed by atoms with E-state index < -0.39 is 6.61 Å². The van der Waals surface area contributed by atoms with E-state index in [0.29, 0.717) is 12.1 Å². The molecule has 0 saturated carbocycles. The van der Waals surface area contributed by atoms with Gasteiger partial charge in [0, 0.05) is 57.2 Å². The van der Waals surface area contributed by atoms with Gasteiger partial charge in [-0.2, -0.15) is 8.78 Å². The Morgan fingerprint density at radius 2 is 1.80 bits per heavy atom. The van der Waals surface area contributed by atoms with Crippen LogP contribution in [0.1, 0.15) is 12.0 Å². The second kappa shape index (κ2) is 11.2. The van der Waals surface area contributed by atoms with E-state index in [4.69, 9.17) is 0 Å². The Labute approximate surface area is 174 Å². The van der Waals surface area contributed by atoms with Crippen molar-refractivity contribution in [2.45, 2.75) is 19.6 Å². The molecule has 10 heteroatoms. The van der Waals surface area contributed by atoms with Crippen LogP contribution in [0.3, 0.4) is 0 Å². The number of carbonyl (C=O) groups excluding carboxylic acids is 1. The summed E-state index contributed by atoms with van der Waals surface area (Å²) in [6, 6.07) is 7.86. The molecule has 1 aliphatic heterocycles. The quantitative estimate of drug-likeness (QED) is 0.605. The second-order valence-electron chi connectivity index (χ2n) is 6.83. The number of carbonyl (C=O) groups is 1. The third kappa shape index (κ3) is 6.80. The lowest BCUT2D eigenvalue weighted by Gasteiger charge is -2.34. The molecule has 0 atom stereocenters. The molecule has 1 aromatic carbocycles. The number of ether oxygens (including phenoxy) is 1. The molecule has 30 heavy (non-hydrogen) atoms. The van der Waals surface area contributed by atoms with Crippen LogP contribution in [0.5, 0.6) is 5.75 Å². The fourth-order valence-corrected chi connectivity index (χ4v) is 3.23. The smallest absolute Gasteiger partial charge is 0.387 e. The van der Waals surface area contributed by atoms with E-state index in [2.05, 4.69) is 35.1 Å². The highest BCUT2D eigenvalue weighted by Gasteiger charge is 2.18. The summed E-state index contributed by atoms with van der Waals surface area (Å²) in [6.07, 6.45) is 4.31. The molecule has 1 aromatic heterocycles. The molecule has 1 saturated heterocycles. The predicted molar refractivity (Wildman–Crippen MR) is 109 cm³/mol. The molecule has 0 bridgehead atoms. The van der Waals surface area contributed by atoms with Gasteiger partial charge in [0.2, 0.25) is 5.95 Å². The van der Waals surface area contributed by atoms with Crippen LogP contribution in [0.15, 0.2) is 42.7 Å². The Bertz CT molecular complexity index is 788. The number of benzene rings is 1. The van der Waals surface area contributed by atoms with Gasteiger partial charge in [0.25, 0.3) is 0 Å². The molecule has 2 N–H and O–H groups in total. The normalized spacial score (nSPS) is 14.6. The van der Waals surface area contributed by atoms with Crippen LogP contribution in [0.4, 0.5) is 19.5 Å². The fraction of sp³-hybridized carbons (Fsp3) is 0.450. The largest absolute Gasteiger partial charge is 0.434 e. The van der Waals surface area contributed by atoms with Crippen LogP contribution in [-0.4, -0.2) is 66.8 Å². The van der Waals surface area contributed by atoms with Crippen LogP contribution in [0, 0.1) is 0 Å². The van der Waals surface area contributed by atoms with E-state index >= 15 is 0 Å². The number of halogens is 2. The van der Waals surface area contributed by atoms with Gasteiger partial charge in [0.05, 0.1) is 0 Å². The Hall–Kier alpha value is -3.01. The summed E-state index contributed by atoms with van der Waals surface area (Å²) in [5.74, 6) is 0.823. The number of urea groups is 1. The highest BCUT2D eigenvalue weighted by molar-refractivity contribution is 5.73. The zero-order valence-electron chi connectivity index (χ0n) is 16.6. The number of hydrogen-bond acceptors (Lipinski definition) is 6. The Kier molecular flexibility index (Phi) is 8.13. The Morgan fingerprint density at radius 3 is 2.53 bits per heavy atom. The van der Waals surface area contributed by atoms with Crippen molar-refractivity contribution < 1.29 is 18.3 Å². The zero-order chi connectivity index (χ0) is 21.2. The molecule has 8 nitrogen and oxygen atoms in total. The number of para-hydroxylation sites is 1. The van der Waals surface area contributed by atoms with Gasteiger partial charge in [-0.15, -0.1) is 0 Å². The third-order valence-corrected chi connectivity index (χ3v) is 4.77. The van der Waals surface area contributed by atoms with Crippen molar-refractivity contribution in [2.24, 2.45) is 0 Å². The number of amides is 2. The molecule has 0 unspecified atom stereocenters. The van der Waals surface area contributed by atoms with Crippen molar-refractivity contribution in [3.8, 4) is 5.75 Å². The Morgan fingerprint density at radius 1 is 1.07 bits per heavy atom. The lowest BCUT2D eigenvalue weighted by molar-refractivity contribution is -0.0504. The molecular formula is C20H26F2N6O2. The maximum Gasteiger partial charge on any atom is 0.387 e. The molecule has 2 heterocycles. The first kappa shape index (κ1) is 21.7. The topological polar surface area (TPSA) is 82.6 Å². The number of hydrogen-bond donors (Lipinski definition) is 2. The van der Waals surface area contributed by atoms with E-state index in [1.165, 1.54) is 6.07 Å². The van der Waals surface area contributed by atoms with Crippen LogP contribution in [0.25, 0.3) is 0 Å². The summed E-state index contributed by atoms with van der Waals surface area (Å²) in [5.41, 5.74) is 0.494. The highest BCUT2D eigenvalue weighted by Crippen LogP contribution is 2.19. The summed E-state index contributed by atoms with van der Waals surface area (Å²) in [5, 5.41) is 5.46. The zero-order valence-corrected chi connectivity index (χ0v) is 16.6. The summed E-state index contributed by atoms with van der Waals surface area (Å²) >= 11 is 0. The summed E-state index contributed by atoms with van der Waals surface area (Å²) in [7, 11) is 0. The van der Waals surface area contributed by atoms with Crippen molar-refractivity contribution >= 4 is 12.0 Å². The minimum absolute atomic E-state index is 0.0628. The van der Waals surface area contributed by atoms with Gasteiger partial charge in [-0.3, -0.25) is 4.90 Å². The first-order chi connectivity index (χ1) is 14.6. The van der Waals surface area contributed by atoms with Gasteiger partial charge < -0.3 is 20.3 Å². The van der Waals surface area contributed by atoms with Crippen LogP contribution in [0.2, 0.25) is 0 Å². The molecule has 162 valence electrons. The van der Waals surface area contributed by atoms with E-state index in [0.717, 1.165) is 45.1 Å². The SMILES string of the molecule is O=C(NCCCN1CCN(c2ncccn2)CC1)NCc1ccccc1OC(F)F. The molecule has 2 amide bonds. The second-order valence-corrected chi connectivity index (χ2v) is 6.83. The number of aromatic nitrogens is 2. The van der Waals surface area contributed by atoms with Crippen molar-refractivity contribution in [3.05, 3.63) is 48.3 Å². The average Bonchev–Trinajstić information content (AvgIpc) is 2.77. The number of nitrogens with one attached hydrogen (secondary N) is 2. The maximum absolute atomic E-state index is 12.4. The molecule has 1 aliphatic rings. The van der Waals surface area contributed by atoms with E-state index in [1.54, 1.807) is 36.7 Å². The first-order valence-electron chi connectivity index (χ1n) is 9.90. The lowest BCUT2D eigenvalue weighted by atomic mass is 10.2. The van der Waals surface area contributed by atoms with Crippen molar-refractivity contribution in [1.29, 1.82) is 0 Å². The summed E-state index contributed by atoms with van der Waals surface area (Å²) in [6.45, 7) is 2.21. The van der Waals surface area contributed by atoms with Gasteiger partial charge in [0.1, 0.15) is 5.75 Å².